The van der Waals surface area contributed by atoms with Crippen LogP contribution < -0.4 is 16.0 Å². The fourth-order valence-corrected chi connectivity index (χ4v) is 5.44. The maximum absolute atomic E-state index is 12.6. The zero-order valence-electron chi connectivity index (χ0n) is 20.0. The van der Waals surface area contributed by atoms with Crippen molar-refractivity contribution >= 4 is 73.6 Å². The van der Waals surface area contributed by atoms with Gasteiger partial charge in [0.25, 0.3) is 0 Å². The highest BCUT2D eigenvalue weighted by molar-refractivity contribution is 8.00. The van der Waals surface area contributed by atoms with E-state index in [1.807, 2.05) is 73.0 Å². The monoisotopic (exact) mass is 540 g/mol. The SMILES string of the molecule is Cc1ccc(NC(=S)Nc2cccc(SCC(=O)Nc3nc(-c4ccc5ccccc5c4)cs3)c2)cc1. The van der Waals surface area contributed by atoms with Crippen LogP contribution in [0.25, 0.3) is 22.0 Å². The number of aryl methyl sites for hydroxylation is 1. The molecule has 5 aromatic rings. The van der Waals surface area contributed by atoms with Gasteiger partial charge in [-0.15, -0.1) is 23.1 Å². The van der Waals surface area contributed by atoms with Gasteiger partial charge in [-0.25, -0.2) is 4.98 Å². The summed E-state index contributed by atoms with van der Waals surface area (Å²) in [4.78, 5) is 18.2. The van der Waals surface area contributed by atoms with Gasteiger partial charge in [-0.05, 0) is 66.3 Å². The number of nitrogens with zero attached hydrogens (tertiary/aromatic N) is 1. The van der Waals surface area contributed by atoms with Crippen molar-refractivity contribution in [1.82, 2.24) is 4.98 Å². The first-order valence-electron chi connectivity index (χ1n) is 11.6. The molecule has 0 aliphatic carbocycles. The van der Waals surface area contributed by atoms with Crippen LogP contribution in [0.15, 0.2) is 101 Å². The van der Waals surface area contributed by atoms with Gasteiger partial charge in [-0.1, -0.05) is 60.2 Å². The van der Waals surface area contributed by atoms with E-state index >= 15 is 0 Å². The molecule has 0 aliphatic rings. The lowest BCUT2D eigenvalue weighted by Crippen LogP contribution is -2.19. The molecule has 0 fully saturated rings. The molecule has 1 heterocycles. The number of hydrogen-bond donors (Lipinski definition) is 3. The third-order valence-corrected chi connectivity index (χ3v) is 7.52. The molecule has 37 heavy (non-hydrogen) atoms. The largest absolute Gasteiger partial charge is 0.332 e. The topological polar surface area (TPSA) is 66.0 Å². The highest BCUT2D eigenvalue weighted by Crippen LogP contribution is 2.28. The molecule has 1 aromatic heterocycles. The predicted octanol–water partition coefficient (Wildman–Crippen LogP) is 7.81. The van der Waals surface area contributed by atoms with Crippen molar-refractivity contribution in [3.05, 3.63) is 102 Å². The van der Waals surface area contributed by atoms with Crippen LogP contribution in [0.1, 0.15) is 5.56 Å². The number of anilines is 3. The van der Waals surface area contributed by atoms with Crippen LogP contribution in [0.3, 0.4) is 0 Å². The Morgan fingerprint density at radius 1 is 0.865 bits per heavy atom. The molecule has 4 aromatic carbocycles. The number of benzene rings is 4. The number of hydrogen-bond acceptors (Lipinski definition) is 5. The standard InChI is InChI=1S/C29H24N4OS3/c1-19-9-13-23(14-10-19)30-28(35)31-24-7-4-8-25(16-24)36-18-27(34)33-29-32-26(17-37-29)22-12-11-20-5-2-3-6-21(20)15-22/h2-17H,18H2,1H3,(H2,30,31,35)(H,32,33,34). The van der Waals surface area contributed by atoms with Gasteiger partial charge in [0.1, 0.15) is 0 Å². The van der Waals surface area contributed by atoms with E-state index in [4.69, 9.17) is 12.2 Å². The van der Waals surface area contributed by atoms with E-state index in [1.165, 1.54) is 39.4 Å². The van der Waals surface area contributed by atoms with Crippen LogP contribution in [0, 0.1) is 6.92 Å². The van der Waals surface area contributed by atoms with E-state index < -0.39 is 0 Å². The lowest BCUT2D eigenvalue weighted by atomic mass is 10.1. The minimum atomic E-state index is -0.0978. The van der Waals surface area contributed by atoms with Crippen molar-refractivity contribution in [1.29, 1.82) is 0 Å². The maximum Gasteiger partial charge on any atom is 0.236 e. The van der Waals surface area contributed by atoms with Crippen LogP contribution in [0.5, 0.6) is 0 Å². The van der Waals surface area contributed by atoms with Gasteiger partial charge >= 0.3 is 0 Å². The Morgan fingerprint density at radius 2 is 1.65 bits per heavy atom. The van der Waals surface area contributed by atoms with E-state index in [-0.39, 0.29) is 11.7 Å². The first-order valence-corrected chi connectivity index (χ1v) is 13.9. The number of carbonyl (C=O) groups is 1. The highest BCUT2D eigenvalue weighted by Gasteiger charge is 2.10. The fourth-order valence-electron chi connectivity index (χ4n) is 3.71. The third kappa shape index (κ3) is 6.74. The summed E-state index contributed by atoms with van der Waals surface area (Å²) in [6, 6.07) is 30.4. The summed E-state index contributed by atoms with van der Waals surface area (Å²) in [5.74, 6) is 0.180. The van der Waals surface area contributed by atoms with Crippen LogP contribution in [0.4, 0.5) is 16.5 Å². The molecular weight excluding hydrogens is 517 g/mol. The molecule has 0 unspecified atom stereocenters. The van der Waals surface area contributed by atoms with Crippen molar-refractivity contribution in [2.45, 2.75) is 11.8 Å². The van der Waals surface area contributed by atoms with Gasteiger partial charge in [-0.3, -0.25) is 4.79 Å². The highest BCUT2D eigenvalue weighted by atomic mass is 32.2. The van der Waals surface area contributed by atoms with Gasteiger partial charge in [0, 0.05) is 27.2 Å². The third-order valence-electron chi connectivity index (χ3n) is 5.57. The minimum absolute atomic E-state index is 0.0978. The second-order valence-electron chi connectivity index (χ2n) is 8.41. The van der Waals surface area contributed by atoms with Crippen molar-refractivity contribution < 1.29 is 4.79 Å². The van der Waals surface area contributed by atoms with Gasteiger partial charge in [0.05, 0.1) is 11.4 Å². The fraction of sp³-hybridized carbons (Fsp3) is 0.0690. The molecule has 0 spiro atoms. The number of thiocarbonyl (C=S) groups is 1. The number of fused-ring (bicyclic) bond motifs is 1. The molecule has 0 radical (unpaired) electrons. The summed E-state index contributed by atoms with van der Waals surface area (Å²) in [6.07, 6.45) is 0. The Kier molecular flexibility index (Phi) is 7.79. The molecule has 5 nitrogen and oxygen atoms in total. The van der Waals surface area contributed by atoms with E-state index in [0.29, 0.717) is 10.2 Å². The van der Waals surface area contributed by atoms with Gasteiger partial charge < -0.3 is 16.0 Å². The van der Waals surface area contributed by atoms with Crippen LogP contribution >= 0.6 is 35.3 Å². The minimum Gasteiger partial charge on any atom is -0.332 e. The smallest absolute Gasteiger partial charge is 0.236 e. The zero-order valence-corrected chi connectivity index (χ0v) is 22.5. The van der Waals surface area contributed by atoms with Crippen LogP contribution in [-0.2, 0) is 4.79 Å². The lowest BCUT2D eigenvalue weighted by molar-refractivity contribution is -0.113. The summed E-state index contributed by atoms with van der Waals surface area (Å²) in [5.41, 5.74) is 4.86. The summed E-state index contributed by atoms with van der Waals surface area (Å²) in [7, 11) is 0. The number of aromatic nitrogens is 1. The predicted molar refractivity (Wildman–Crippen MR) is 162 cm³/mol. The average Bonchev–Trinajstić information content (AvgIpc) is 3.37. The molecule has 0 atom stereocenters. The van der Waals surface area contributed by atoms with Gasteiger partial charge in [0.2, 0.25) is 5.91 Å². The van der Waals surface area contributed by atoms with Crippen molar-refractivity contribution in [2.24, 2.45) is 0 Å². The van der Waals surface area contributed by atoms with Gasteiger partial charge in [0.15, 0.2) is 10.2 Å². The number of carbonyl (C=O) groups excluding carboxylic acids is 1. The Hall–Kier alpha value is -3.72. The van der Waals surface area contributed by atoms with E-state index in [9.17, 15) is 4.79 Å². The Bertz CT molecular complexity index is 1560. The molecule has 0 saturated carbocycles. The molecule has 5 rings (SSSR count). The van der Waals surface area contributed by atoms with E-state index in [2.05, 4.69) is 51.3 Å². The summed E-state index contributed by atoms with van der Waals surface area (Å²) >= 11 is 8.32. The number of nitrogens with one attached hydrogen (secondary N) is 3. The number of thiazole rings is 1. The van der Waals surface area contributed by atoms with E-state index in [1.54, 1.807) is 0 Å². The Labute approximate surface area is 229 Å². The summed E-state index contributed by atoms with van der Waals surface area (Å²) < 4.78 is 0. The number of thioether (sulfide) groups is 1. The van der Waals surface area contributed by atoms with Crippen LogP contribution in [-0.4, -0.2) is 21.8 Å². The maximum atomic E-state index is 12.6. The van der Waals surface area contributed by atoms with Crippen molar-refractivity contribution in [2.75, 3.05) is 21.7 Å². The number of amides is 1. The first-order chi connectivity index (χ1) is 18.0. The van der Waals surface area contributed by atoms with Crippen LogP contribution in [0.2, 0.25) is 0 Å². The Morgan fingerprint density at radius 3 is 2.49 bits per heavy atom. The lowest BCUT2D eigenvalue weighted by Gasteiger charge is -2.11. The van der Waals surface area contributed by atoms with Crippen molar-refractivity contribution in [3.8, 4) is 11.3 Å². The van der Waals surface area contributed by atoms with E-state index in [0.717, 1.165) is 27.5 Å². The molecular formula is C29H24N4OS3. The van der Waals surface area contributed by atoms with Crippen molar-refractivity contribution in [3.63, 3.8) is 0 Å². The second kappa shape index (κ2) is 11.6. The average molecular weight is 541 g/mol. The zero-order chi connectivity index (χ0) is 25.6. The molecule has 0 saturated heterocycles. The second-order valence-corrected chi connectivity index (χ2v) is 10.7. The quantitative estimate of drug-likeness (QED) is 0.145. The van der Waals surface area contributed by atoms with Gasteiger partial charge in [-0.2, -0.15) is 0 Å². The molecule has 0 bridgehead atoms. The normalized spacial score (nSPS) is 10.7. The first kappa shape index (κ1) is 25.0. The molecule has 0 aliphatic heterocycles. The molecule has 3 N–H and O–H groups in total. The summed E-state index contributed by atoms with van der Waals surface area (Å²) in [6.45, 7) is 2.05. The molecule has 8 heteroatoms. The number of rotatable bonds is 7. The molecule has 1 amide bonds. The summed E-state index contributed by atoms with van der Waals surface area (Å²) in [5, 5.41) is 14.7. The molecule has 184 valence electrons. The Balaban J connectivity index is 1.14.